The molecule has 0 saturated carbocycles. The van der Waals surface area contributed by atoms with E-state index < -0.39 is 51.2 Å². The number of hydrogen-bond donors (Lipinski definition) is 1. The van der Waals surface area contributed by atoms with Crippen molar-refractivity contribution >= 4 is 33.1 Å². The largest absolute Gasteiger partial charge is 0.389 e. The maximum Gasteiger partial charge on any atom is 0.389 e. The Balaban J connectivity index is 2.84. The minimum atomic E-state index is -4.48. The maximum absolute atomic E-state index is 11.9. The molecule has 12 heteroatoms. The lowest BCUT2D eigenvalue weighted by Crippen LogP contribution is -2.20. The Bertz CT molecular complexity index is 636. The molecule has 21 heavy (non-hydrogen) atoms. The first kappa shape index (κ1) is 17.4. The van der Waals surface area contributed by atoms with Crippen molar-refractivity contribution in [3.63, 3.8) is 0 Å². The van der Waals surface area contributed by atoms with Gasteiger partial charge in [0, 0.05) is 12.5 Å². The fourth-order valence-corrected chi connectivity index (χ4v) is 2.53. The van der Waals surface area contributed by atoms with Crippen LogP contribution in [-0.2, 0) is 10.0 Å². The molecule has 1 aromatic heterocycles. The van der Waals surface area contributed by atoms with Gasteiger partial charge in [-0.25, -0.2) is 13.4 Å². The second kappa shape index (κ2) is 6.43. The van der Waals surface area contributed by atoms with Gasteiger partial charge in [-0.15, -0.1) is 0 Å². The maximum atomic E-state index is 11.9. The van der Waals surface area contributed by atoms with Crippen LogP contribution >= 0.6 is 11.6 Å². The van der Waals surface area contributed by atoms with E-state index in [-0.39, 0.29) is 5.15 Å². The van der Waals surface area contributed by atoms with Crippen molar-refractivity contribution < 1.29 is 26.5 Å². The van der Waals surface area contributed by atoms with E-state index in [9.17, 15) is 31.7 Å². The molecule has 1 aromatic rings. The van der Waals surface area contributed by atoms with E-state index in [1.54, 1.807) is 4.72 Å². The predicted molar refractivity (Wildman–Crippen MR) is 68.6 cm³/mol. The molecular weight excluding hydrogens is 339 g/mol. The SMILES string of the molecule is O=[N+]([O-])c1ccc(Cl)nc1NS(=O)(=O)CCCC(F)(F)F. The van der Waals surface area contributed by atoms with Gasteiger partial charge in [0.15, 0.2) is 0 Å². The zero-order chi connectivity index (χ0) is 16.3. The normalized spacial score (nSPS) is 12.2. The first-order chi connectivity index (χ1) is 9.50. The third-order valence-corrected chi connectivity index (χ3v) is 3.70. The van der Waals surface area contributed by atoms with Crippen molar-refractivity contribution in [3.05, 3.63) is 27.4 Å². The number of sulfonamides is 1. The molecule has 118 valence electrons. The molecule has 1 N–H and O–H groups in total. The van der Waals surface area contributed by atoms with Crippen LogP contribution in [-0.4, -0.2) is 30.3 Å². The summed E-state index contributed by atoms with van der Waals surface area (Å²) < 4.78 is 60.8. The van der Waals surface area contributed by atoms with E-state index >= 15 is 0 Å². The van der Waals surface area contributed by atoms with Crippen LogP contribution in [0.1, 0.15) is 12.8 Å². The second-order valence-corrected chi connectivity index (χ2v) is 6.13. The smallest absolute Gasteiger partial charge is 0.262 e. The summed E-state index contributed by atoms with van der Waals surface area (Å²) in [6.07, 6.45) is -6.43. The first-order valence-electron chi connectivity index (χ1n) is 5.38. The minimum Gasteiger partial charge on any atom is -0.262 e. The van der Waals surface area contributed by atoms with Crippen molar-refractivity contribution in [1.82, 2.24) is 4.98 Å². The summed E-state index contributed by atoms with van der Waals surface area (Å²) in [5, 5.41) is 10.5. The first-order valence-corrected chi connectivity index (χ1v) is 7.41. The van der Waals surface area contributed by atoms with Gasteiger partial charge in [-0.3, -0.25) is 14.8 Å². The number of aromatic nitrogens is 1. The predicted octanol–water partition coefficient (Wildman–Crippen LogP) is 2.73. The van der Waals surface area contributed by atoms with Crippen molar-refractivity contribution in [3.8, 4) is 0 Å². The van der Waals surface area contributed by atoms with Gasteiger partial charge in [0.05, 0.1) is 10.7 Å². The average molecular weight is 348 g/mol. The quantitative estimate of drug-likeness (QED) is 0.484. The Labute approximate surface area is 122 Å². The molecule has 0 aliphatic heterocycles. The van der Waals surface area contributed by atoms with Crippen LogP contribution in [0.15, 0.2) is 12.1 Å². The van der Waals surface area contributed by atoms with Crippen molar-refractivity contribution in [2.45, 2.75) is 19.0 Å². The molecule has 0 amide bonds. The molecule has 0 saturated heterocycles. The summed E-state index contributed by atoms with van der Waals surface area (Å²) >= 11 is 5.50. The summed E-state index contributed by atoms with van der Waals surface area (Å²) in [5.74, 6) is -1.49. The lowest BCUT2D eigenvalue weighted by atomic mass is 10.3. The lowest BCUT2D eigenvalue weighted by Gasteiger charge is -2.09. The highest BCUT2D eigenvalue weighted by molar-refractivity contribution is 7.92. The zero-order valence-electron chi connectivity index (χ0n) is 10.2. The number of nitro groups is 1. The third-order valence-electron chi connectivity index (χ3n) is 2.16. The van der Waals surface area contributed by atoms with Crippen molar-refractivity contribution in [2.75, 3.05) is 10.5 Å². The number of halogens is 4. The highest BCUT2D eigenvalue weighted by Crippen LogP contribution is 2.26. The van der Waals surface area contributed by atoms with Crippen molar-refractivity contribution in [2.24, 2.45) is 0 Å². The fraction of sp³-hybridized carbons (Fsp3) is 0.444. The van der Waals surface area contributed by atoms with E-state index in [4.69, 9.17) is 11.6 Å². The van der Waals surface area contributed by atoms with Crippen LogP contribution in [0.4, 0.5) is 24.7 Å². The molecule has 7 nitrogen and oxygen atoms in total. The molecule has 0 fully saturated rings. The van der Waals surface area contributed by atoms with E-state index in [1.807, 2.05) is 0 Å². The average Bonchev–Trinajstić information content (AvgIpc) is 2.25. The van der Waals surface area contributed by atoms with Gasteiger partial charge in [-0.05, 0) is 12.5 Å². The Morgan fingerprint density at radius 1 is 1.38 bits per heavy atom. The summed E-state index contributed by atoms with van der Waals surface area (Å²) in [5.41, 5.74) is -0.654. The summed E-state index contributed by atoms with van der Waals surface area (Å²) in [7, 11) is -4.21. The molecule has 1 rings (SSSR count). The van der Waals surface area contributed by atoms with Crippen LogP contribution in [0.5, 0.6) is 0 Å². The highest BCUT2D eigenvalue weighted by atomic mass is 35.5. The standard InChI is InChI=1S/C9H9ClF3N3O4S/c10-7-3-2-6(16(17)18)8(14-7)15-21(19,20)5-1-4-9(11,12)13/h2-3H,1,4-5H2,(H,14,15). The summed E-state index contributed by atoms with van der Waals surface area (Å²) in [6.45, 7) is 0. The Kier molecular flexibility index (Phi) is 5.34. The van der Waals surface area contributed by atoms with E-state index in [0.717, 1.165) is 12.1 Å². The number of rotatable bonds is 6. The molecular formula is C9H9ClF3N3O4S. The number of nitrogens with one attached hydrogen (secondary N) is 1. The summed E-state index contributed by atoms with van der Waals surface area (Å²) in [4.78, 5) is 13.3. The molecule has 0 aliphatic carbocycles. The molecule has 0 atom stereocenters. The zero-order valence-corrected chi connectivity index (χ0v) is 11.8. The number of pyridine rings is 1. The second-order valence-electron chi connectivity index (χ2n) is 3.90. The van der Waals surface area contributed by atoms with Gasteiger partial charge in [-0.2, -0.15) is 13.2 Å². The van der Waals surface area contributed by atoms with E-state index in [2.05, 4.69) is 4.98 Å². The van der Waals surface area contributed by atoms with Gasteiger partial charge in [0.2, 0.25) is 15.8 Å². The lowest BCUT2D eigenvalue weighted by molar-refractivity contribution is -0.384. The Hall–Kier alpha value is -1.62. The molecule has 0 spiro atoms. The molecule has 0 aromatic carbocycles. The van der Waals surface area contributed by atoms with Gasteiger partial charge >= 0.3 is 11.9 Å². The Morgan fingerprint density at radius 2 is 2.00 bits per heavy atom. The summed E-state index contributed by atoms with van der Waals surface area (Å²) in [6, 6.07) is 2.02. The molecule has 0 unspecified atom stereocenters. The molecule has 0 radical (unpaired) electrons. The highest BCUT2D eigenvalue weighted by Gasteiger charge is 2.28. The van der Waals surface area contributed by atoms with Gasteiger partial charge in [0.25, 0.3) is 0 Å². The number of anilines is 1. The van der Waals surface area contributed by atoms with Gasteiger partial charge in [-0.1, -0.05) is 11.6 Å². The topological polar surface area (TPSA) is 102 Å². The van der Waals surface area contributed by atoms with Crippen LogP contribution in [0.2, 0.25) is 5.15 Å². The van der Waals surface area contributed by atoms with E-state index in [0.29, 0.717) is 0 Å². The molecule has 0 bridgehead atoms. The Morgan fingerprint density at radius 3 is 2.52 bits per heavy atom. The number of nitrogens with zero attached hydrogens (tertiary/aromatic N) is 2. The molecule has 0 aliphatic rings. The third kappa shape index (κ3) is 6.12. The van der Waals surface area contributed by atoms with Crippen LogP contribution in [0.3, 0.4) is 0 Å². The van der Waals surface area contributed by atoms with E-state index in [1.165, 1.54) is 0 Å². The van der Waals surface area contributed by atoms with Crippen LogP contribution in [0, 0.1) is 10.1 Å². The van der Waals surface area contributed by atoms with Crippen LogP contribution in [0.25, 0.3) is 0 Å². The molecule has 1 heterocycles. The van der Waals surface area contributed by atoms with Gasteiger partial charge in [0.1, 0.15) is 5.15 Å². The monoisotopic (exact) mass is 347 g/mol. The number of hydrogen-bond acceptors (Lipinski definition) is 5. The minimum absolute atomic E-state index is 0.200. The van der Waals surface area contributed by atoms with Crippen LogP contribution < -0.4 is 4.72 Å². The van der Waals surface area contributed by atoms with Crippen molar-refractivity contribution in [1.29, 1.82) is 0 Å². The number of alkyl halides is 3. The van der Waals surface area contributed by atoms with Gasteiger partial charge < -0.3 is 0 Å². The fourth-order valence-electron chi connectivity index (χ4n) is 1.31.